The summed E-state index contributed by atoms with van der Waals surface area (Å²) in [6, 6.07) is 0.602. The van der Waals surface area contributed by atoms with Crippen LogP contribution in [0.15, 0.2) is 6.20 Å². The van der Waals surface area contributed by atoms with Gasteiger partial charge in [-0.15, -0.1) is 0 Å². The molecule has 0 aliphatic carbocycles. The van der Waals surface area contributed by atoms with Gasteiger partial charge >= 0.3 is 0 Å². The summed E-state index contributed by atoms with van der Waals surface area (Å²) in [7, 11) is 0. The summed E-state index contributed by atoms with van der Waals surface area (Å²) >= 11 is 0. The Hall–Kier alpha value is -0.830. The molecule has 0 spiro atoms. The Morgan fingerprint density at radius 1 is 1.70 bits per heavy atom. The molecule has 1 atom stereocenters. The van der Waals surface area contributed by atoms with Crippen molar-refractivity contribution in [2.24, 2.45) is 0 Å². The number of rotatable bonds is 0. The van der Waals surface area contributed by atoms with Crippen LogP contribution in [0.5, 0.6) is 0 Å². The van der Waals surface area contributed by atoms with Gasteiger partial charge in [0.05, 0.1) is 11.9 Å². The maximum absolute atomic E-state index is 3.97. The quantitative estimate of drug-likeness (QED) is 0.545. The van der Waals surface area contributed by atoms with E-state index < -0.39 is 0 Å². The van der Waals surface area contributed by atoms with E-state index in [1.165, 1.54) is 11.3 Å². The Morgan fingerprint density at radius 3 is 3.50 bits per heavy atom. The third-order valence-corrected chi connectivity index (χ3v) is 1.96. The van der Waals surface area contributed by atoms with E-state index in [4.69, 9.17) is 0 Å². The number of aromatic nitrogens is 2. The summed E-state index contributed by atoms with van der Waals surface area (Å²) < 4.78 is 0. The topological polar surface area (TPSA) is 40.7 Å². The number of nitrogens with zero attached hydrogens (tertiary/aromatic N) is 1. The minimum absolute atomic E-state index is 0.602. The van der Waals surface area contributed by atoms with E-state index in [0.29, 0.717) is 6.04 Å². The molecule has 3 nitrogen and oxygen atoms in total. The zero-order valence-corrected chi connectivity index (χ0v) is 6.02. The highest BCUT2D eigenvalue weighted by molar-refractivity contribution is 5.19. The third-order valence-electron chi connectivity index (χ3n) is 1.96. The SMILES string of the molecule is CC1Cc2cn[nH]c2CN1. The number of fused-ring (bicyclic) bond motifs is 1. The molecule has 0 fully saturated rings. The number of hydrogen-bond acceptors (Lipinski definition) is 2. The van der Waals surface area contributed by atoms with Crippen LogP contribution >= 0.6 is 0 Å². The zero-order chi connectivity index (χ0) is 6.97. The number of nitrogens with one attached hydrogen (secondary N) is 2. The highest BCUT2D eigenvalue weighted by Crippen LogP contribution is 2.12. The van der Waals surface area contributed by atoms with Crippen molar-refractivity contribution in [2.75, 3.05) is 0 Å². The maximum atomic E-state index is 3.97. The molecule has 1 aliphatic rings. The van der Waals surface area contributed by atoms with Crippen molar-refractivity contribution in [1.29, 1.82) is 0 Å². The fraction of sp³-hybridized carbons (Fsp3) is 0.571. The molecular formula is C7H11N3. The van der Waals surface area contributed by atoms with E-state index in [2.05, 4.69) is 22.4 Å². The van der Waals surface area contributed by atoms with Crippen molar-refractivity contribution in [1.82, 2.24) is 15.5 Å². The molecule has 0 radical (unpaired) electrons. The first kappa shape index (κ1) is 5.92. The van der Waals surface area contributed by atoms with Crippen LogP contribution in [0.4, 0.5) is 0 Å². The van der Waals surface area contributed by atoms with Crippen LogP contribution < -0.4 is 5.32 Å². The molecule has 1 aliphatic heterocycles. The van der Waals surface area contributed by atoms with E-state index >= 15 is 0 Å². The van der Waals surface area contributed by atoms with Gasteiger partial charge in [-0.25, -0.2) is 0 Å². The van der Waals surface area contributed by atoms with Crippen LogP contribution in [0.3, 0.4) is 0 Å². The van der Waals surface area contributed by atoms with Gasteiger partial charge in [0.1, 0.15) is 0 Å². The van der Waals surface area contributed by atoms with E-state index in [-0.39, 0.29) is 0 Å². The summed E-state index contributed by atoms with van der Waals surface area (Å²) in [5.41, 5.74) is 2.62. The van der Waals surface area contributed by atoms with E-state index in [1.807, 2.05) is 6.20 Å². The van der Waals surface area contributed by atoms with Gasteiger partial charge in [-0.3, -0.25) is 5.10 Å². The first-order chi connectivity index (χ1) is 4.86. The van der Waals surface area contributed by atoms with Gasteiger partial charge in [-0.2, -0.15) is 5.10 Å². The second kappa shape index (κ2) is 2.09. The highest BCUT2D eigenvalue weighted by Gasteiger charge is 2.14. The lowest BCUT2D eigenvalue weighted by molar-refractivity contribution is 0.508. The van der Waals surface area contributed by atoms with Crippen LogP contribution in [-0.2, 0) is 13.0 Å². The van der Waals surface area contributed by atoms with Crippen molar-refractivity contribution in [3.05, 3.63) is 17.5 Å². The first-order valence-corrected chi connectivity index (χ1v) is 3.61. The van der Waals surface area contributed by atoms with Crippen LogP contribution in [0.1, 0.15) is 18.2 Å². The van der Waals surface area contributed by atoms with Crippen molar-refractivity contribution < 1.29 is 0 Å². The summed E-state index contributed by atoms with van der Waals surface area (Å²) in [5.74, 6) is 0. The average Bonchev–Trinajstić information content (AvgIpc) is 2.33. The summed E-state index contributed by atoms with van der Waals surface area (Å²) in [6.45, 7) is 3.13. The molecule has 0 amide bonds. The molecule has 0 saturated heterocycles. The lowest BCUT2D eigenvalue weighted by atomic mass is 10.0. The molecule has 2 N–H and O–H groups in total. The summed E-state index contributed by atoms with van der Waals surface area (Å²) in [4.78, 5) is 0. The van der Waals surface area contributed by atoms with Gasteiger partial charge in [0.15, 0.2) is 0 Å². The van der Waals surface area contributed by atoms with Crippen molar-refractivity contribution in [2.45, 2.75) is 25.9 Å². The third kappa shape index (κ3) is 0.827. The van der Waals surface area contributed by atoms with Gasteiger partial charge < -0.3 is 5.32 Å². The Kier molecular flexibility index (Phi) is 1.24. The number of aromatic amines is 1. The minimum atomic E-state index is 0.602. The van der Waals surface area contributed by atoms with E-state index in [9.17, 15) is 0 Å². The molecule has 10 heavy (non-hydrogen) atoms. The van der Waals surface area contributed by atoms with Crippen molar-refractivity contribution in [3.63, 3.8) is 0 Å². The van der Waals surface area contributed by atoms with Crippen molar-refractivity contribution >= 4 is 0 Å². The Morgan fingerprint density at radius 2 is 2.60 bits per heavy atom. The normalized spacial score (nSPS) is 24.3. The maximum Gasteiger partial charge on any atom is 0.0523 e. The summed E-state index contributed by atoms with van der Waals surface area (Å²) in [6.07, 6.45) is 3.03. The lowest BCUT2D eigenvalue weighted by Crippen LogP contribution is -2.32. The van der Waals surface area contributed by atoms with Gasteiger partial charge in [0.25, 0.3) is 0 Å². The molecular weight excluding hydrogens is 126 g/mol. The van der Waals surface area contributed by atoms with Crippen LogP contribution in [0.25, 0.3) is 0 Å². The minimum Gasteiger partial charge on any atom is -0.308 e. The van der Waals surface area contributed by atoms with Crippen molar-refractivity contribution in [3.8, 4) is 0 Å². The molecule has 1 aromatic rings. The van der Waals surface area contributed by atoms with Crippen LogP contribution in [0, 0.1) is 0 Å². The van der Waals surface area contributed by atoms with E-state index in [1.54, 1.807) is 0 Å². The second-order valence-electron chi connectivity index (χ2n) is 2.86. The van der Waals surface area contributed by atoms with Crippen LogP contribution in [-0.4, -0.2) is 16.2 Å². The van der Waals surface area contributed by atoms with Gasteiger partial charge in [-0.05, 0) is 18.9 Å². The monoisotopic (exact) mass is 137 g/mol. The smallest absolute Gasteiger partial charge is 0.0523 e. The second-order valence-corrected chi connectivity index (χ2v) is 2.86. The van der Waals surface area contributed by atoms with E-state index in [0.717, 1.165) is 13.0 Å². The Balaban J connectivity index is 2.30. The molecule has 0 aromatic carbocycles. The fourth-order valence-electron chi connectivity index (χ4n) is 1.35. The molecule has 2 rings (SSSR count). The lowest BCUT2D eigenvalue weighted by Gasteiger charge is -2.18. The first-order valence-electron chi connectivity index (χ1n) is 3.61. The fourth-order valence-corrected chi connectivity index (χ4v) is 1.35. The van der Waals surface area contributed by atoms with Gasteiger partial charge in [0.2, 0.25) is 0 Å². The van der Waals surface area contributed by atoms with Gasteiger partial charge in [-0.1, -0.05) is 0 Å². The number of H-pyrrole nitrogens is 1. The number of hydrogen-bond donors (Lipinski definition) is 2. The molecule has 2 heterocycles. The molecule has 1 aromatic heterocycles. The molecule has 0 bridgehead atoms. The molecule has 54 valence electrons. The van der Waals surface area contributed by atoms with Crippen LogP contribution in [0.2, 0.25) is 0 Å². The predicted molar refractivity (Wildman–Crippen MR) is 38.6 cm³/mol. The highest BCUT2D eigenvalue weighted by atomic mass is 15.1. The molecule has 0 saturated carbocycles. The average molecular weight is 137 g/mol. The van der Waals surface area contributed by atoms with Gasteiger partial charge in [0, 0.05) is 12.6 Å². The molecule has 3 heteroatoms. The standard InChI is InChI=1S/C7H11N3/c1-5-2-6-3-9-10-7(6)4-8-5/h3,5,8H,2,4H2,1H3,(H,9,10). The summed E-state index contributed by atoms with van der Waals surface area (Å²) in [5, 5.41) is 10.3. The molecule has 1 unspecified atom stereocenters. The zero-order valence-electron chi connectivity index (χ0n) is 6.02. The predicted octanol–water partition coefficient (Wildman–Crippen LogP) is 0.444. The Bertz CT molecular complexity index is 229. The largest absolute Gasteiger partial charge is 0.308 e. The Labute approximate surface area is 59.8 Å².